The topological polar surface area (TPSA) is 70.7 Å². The number of hydrogen-bond acceptors (Lipinski definition) is 4. The molecule has 0 unspecified atom stereocenters. The Bertz CT molecular complexity index is 965. The molecular weight excluding hydrogens is 304 g/mol. The van der Waals surface area contributed by atoms with Crippen LogP contribution in [0, 0.1) is 0 Å². The Morgan fingerprint density at radius 2 is 1.71 bits per heavy atom. The van der Waals surface area contributed by atoms with Crippen LogP contribution in [0.2, 0.25) is 0 Å². The van der Waals surface area contributed by atoms with Crippen LogP contribution in [0.3, 0.4) is 0 Å². The minimum atomic E-state index is -0.244. The Morgan fingerprint density at radius 3 is 2.46 bits per heavy atom. The van der Waals surface area contributed by atoms with Crippen molar-refractivity contribution in [1.29, 1.82) is 0 Å². The van der Waals surface area contributed by atoms with Gasteiger partial charge in [0.05, 0.1) is 5.39 Å². The van der Waals surface area contributed by atoms with Crippen LogP contribution < -0.4 is 5.43 Å². The van der Waals surface area contributed by atoms with Gasteiger partial charge in [0.2, 0.25) is 0 Å². The van der Waals surface area contributed by atoms with E-state index in [1.54, 1.807) is 6.07 Å². The highest BCUT2D eigenvalue weighted by molar-refractivity contribution is 5.79. The van der Waals surface area contributed by atoms with E-state index < -0.39 is 0 Å². The predicted molar refractivity (Wildman–Crippen MR) is 92.5 cm³/mol. The van der Waals surface area contributed by atoms with Crippen LogP contribution in [0.4, 0.5) is 0 Å². The monoisotopic (exact) mass is 322 g/mol. The number of aromatic hydroxyl groups is 2. The molecule has 1 aliphatic carbocycles. The Kier molecular flexibility index (Phi) is 3.53. The summed E-state index contributed by atoms with van der Waals surface area (Å²) >= 11 is 0. The van der Waals surface area contributed by atoms with E-state index in [2.05, 4.69) is 0 Å². The average Bonchev–Trinajstić information content (AvgIpc) is 3.11. The molecule has 2 N–H and O–H groups in total. The molecule has 1 aromatic heterocycles. The second-order valence-electron chi connectivity index (χ2n) is 6.42. The molecule has 2 aromatic carbocycles. The summed E-state index contributed by atoms with van der Waals surface area (Å²) in [5.74, 6) is 0.467. The molecule has 0 atom stereocenters. The summed E-state index contributed by atoms with van der Waals surface area (Å²) in [6.07, 6.45) is 4.87. The second kappa shape index (κ2) is 5.71. The molecule has 0 radical (unpaired) electrons. The maximum Gasteiger partial charge on any atom is 0.193 e. The van der Waals surface area contributed by atoms with Crippen molar-refractivity contribution in [3.05, 3.63) is 58.3 Å². The van der Waals surface area contributed by atoms with Gasteiger partial charge in [-0.15, -0.1) is 0 Å². The van der Waals surface area contributed by atoms with E-state index in [0.717, 1.165) is 0 Å². The fraction of sp³-hybridized carbons (Fsp3) is 0.250. The van der Waals surface area contributed by atoms with Gasteiger partial charge in [-0.2, -0.15) is 0 Å². The van der Waals surface area contributed by atoms with E-state index in [0.29, 0.717) is 28.2 Å². The molecule has 1 heterocycles. The average molecular weight is 322 g/mol. The lowest BCUT2D eigenvalue weighted by Crippen LogP contribution is -2.02. The highest BCUT2D eigenvalue weighted by Crippen LogP contribution is 2.35. The molecular formula is C20H18O4. The number of fused-ring (bicyclic) bond motifs is 1. The molecule has 1 aliphatic rings. The molecule has 4 nitrogen and oxygen atoms in total. The number of phenolic OH excluding ortho intramolecular Hbond substituents is 2. The largest absolute Gasteiger partial charge is 0.504 e. The van der Waals surface area contributed by atoms with Gasteiger partial charge in [0.1, 0.15) is 11.3 Å². The van der Waals surface area contributed by atoms with Crippen molar-refractivity contribution in [2.75, 3.05) is 0 Å². The van der Waals surface area contributed by atoms with Gasteiger partial charge in [0, 0.05) is 11.6 Å². The number of phenols is 2. The van der Waals surface area contributed by atoms with Crippen LogP contribution in [0.5, 0.6) is 11.5 Å². The van der Waals surface area contributed by atoms with Crippen LogP contribution >= 0.6 is 0 Å². The quantitative estimate of drug-likeness (QED) is 0.680. The molecule has 4 heteroatoms. The molecule has 0 amide bonds. The van der Waals surface area contributed by atoms with Crippen molar-refractivity contribution in [1.82, 2.24) is 0 Å². The third-order valence-corrected chi connectivity index (χ3v) is 4.84. The van der Waals surface area contributed by atoms with Gasteiger partial charge in [-0.25, -0.2) is 0 Å². The zero-order valence-electron chi connectivity index (χ0n) is 13.2. The molecule has 1 fully saturated rings. The maximum atomic E-state index is 12.5. The van der Waals surface area contributed by atoms with E-state index in [4.69, 9.17) is 4.42 Å². The molecule has 0 bridgehead atoms. The van der Waals surface area contributed by atoms with Gasteiger partial charge in [-0.3, -0.25) is 4.79 Å². The number of benzene rings is 2. The highest BCUT2D eigenvalue weighted by atomic mass is 16.3. The third kappa shape index (κ3) is 2.54. The van der Waals surface area contributed by atoms with Gasteiger partial charge in [-0.1, -0.05) is 18.9 Å². The Hall–Kier alpha value is -2.75. The molecule has 4 rings (SSSR count). The minimum Gasteiger partial charge on any atom is -0.504 e. The van der Waals surface area contributed by atoms with Crippen molar-refractivity contribution in [3.8, 4) is 22.8 Å². The fourth-order valence-corrected chi connectivity index (χ4v) is 3.51. The van der Waals surface area contributed by atoms with Crippen LogP contribution in [0.15, 0.2) is 51.7 Å². The second-order valence-corrected chi connectivity index (χ2v) is 6.42. The minimum absolute atomic E-state index is 0.0985. The summed E-state index contributed by atoms with van der Waals surface area (Å²) in [7, 11) is 0. The molecule has 1 saturated carbocycles. The molecule has 24 heavy (non-hydrogen) atoms. The first-order valence-electron chi connectivity index (χ1n) is 8.22. The van der Waals surface area contributed by atoms with Crippen LogP contribution in [0.25, 0.3) is 22.3 Å². The summed E-state index contributed by atoms with van der Waals surface area (Å²) in [5, 5.41) is 19.6. The van der Waals surface area contributed by atoms with Crippen LogP contribution in [-0.4, -0.2) is 10.2 Å². The van der Waals surface area contributed by atoms with E-state index in [1.807, 2.05) is 18.2 Å². The highest BCUT2D eigenvalue weighted by Gasteiger charge is 2.18. The van der Waals surface area contributed by atoms with Crippen LogP contribution in [0.1, 0.15) is 37.2 Å². The molecule has 122 valence electrons. The Labute approximate surface area is 139 Å². The lowest BCUT2D eigenvalue weighted by molar-refractivity contribution is 0.404. The standard InChI is InChI=1S/C20H18O4/c21-16-7-5-14(10-18(16)23)20-11-17(22)15-9-13(6-8-19(15)24-20)12-3-1-2-4-12/h5-12,21,23H,1-4H2. The first-order chi connectivity index (χ1) is 11.6. The molecule has 0 aliphatic heterocycles. The Balaban J connectivity index is 1.81. The third-order valence-electron chi connectivity index (χ3n) is 4.84. The number of rotatable bonds is 2. The van der Waals surface area contributed by atoms with Gasteiger partial charge in [0.25, 0.3) is 0 Å². The maximum absolute atomic E-state index is 12.5. The van der Waals surface area contributed by atoms with Gasteiger partial charge in [0.15, 0.2) is 16.9 Å². The zero-order chi connectivity index (χ0) is 16.7. The lowest BCUT2D eigenvalue weighted by Gasteiger charge is -2.10. The lowest BCUT2D eigenvalue weighted by atomic mass is 9.96. The molecule has 3 aromatic rings. The summed E-state index contributed by atoms with van der Waals surface area (Å²) in [5.41, 5.74) is 2.19. The van der Waals surface area contributed by atoms with Crippen molar-refractivity contribution < 1.29 is 14.6 Å². The van der Waals surface area contributed by atoms with E-state index in [-0.39, 0.29) is 16.9 Å². The van der Waals surface area contributed by atoms with Crippen molar-refractivity contribution in [2.24, 2.45) is 0 Å². The Morgan fingerprint density at radius 1 is 0.917 bits per heavy atom. The van der Waals surface area contributed by atoms with Crippen LogP contribution in [-0.2, 0) is 0 Å². The number of hydrogen-bond donors (Lipinski definition) is 2. The first-order valence-corrected chi connectivity index (χ1v) is 8.22. The van der Waals surface area contributed by atoms with Crippen molar-refractivity contribution in [3.63, 3.8) is 0 Å². The SMILES string of the molecule is O=c1cc(-c2ccc(O)c(O)c2)oc2ccc(C3CCCC3)cc12. The van der Waals surface area contributed by atoms with Crippen molar-refractivity contribution >= 4 is 11.0 Å². The van der Waals surface area contributed by atoms with E-state index in [9.17, 15) is 15.0 Å². The molecule has 0 spiro atoms. The van der Waals surface area contributed by atoms with Gasteiger partial charge in [-0.05, 0) is 54.7 Å². The summed E-state index contributed by atoms with van der Waals surface area (Å²) in [6, 6.07) is 11.6. The first kappa shape index (κ1) is 14.8. The summed E-state index contributed by atoms with van der Waals surface area (Å²) in [4.78, 5) is 12.5. The smallest absolute Gasteiger partial charge is 0.193 e. The summed E-state index contributed by atoms with van der Waals surface area (Å²) in [6.45, 7) is 0. The van der Waals surface area contributed by atoms with E-state index >= 15 is 0 Å². The zero-order valence-corrected chi connectivity index (χ0v) is 13.2. The predicted octanol–water partition coefficient (Wildman–Crippen LogP) is 4.53. The fourth-order valence-electron chi connectivity index (χ4n) is 3.51. The summed E-state index contributed by atoms with van der Waals surface area (Å²) < 4.78 is 5.85. The normalized spacial score (nSPS) is 15.2. The van der Waals surface area contributed by atoms with Crippen molar-refractivity contribution in [2.45, 2.75) is 31.6 Å². The van der Waals surface area contributed by atoms with Gasteiger partial charge >= 0.3 is 0 Å². The van der Waals surface area contributed by atoms with Gasteiger partial charge < -0.3 is 14.6 Å². The van der Waals surface area contributed by atoms with E-state index in [1.165, 1.54) is 49.4 Å². The molecule has 0 saturated heterocycles.